The number of para-hydroxylation sites is 1. The number of allylic oxidation sites excluding steroid dienone is 3. The van der Waals surface area contributed by atoms with Crippen LogP contribution in [0.4, 0.5) is 0 Å². The van der Waals surface area contributed by atoms with Gasteiger partial charge in [0.1, 0.15) is 19.0 Å². The van der Waals surface area contributed by atoms with Gasteiger partial charge in [0, 0.05) is 29.3 Å². The fourth-order valence-corrected chi connectivity index (χ4v) is 5.44. The van der Waals surface area contributed by atoms with E-state index in [0.29, 0.717) is 17.6 Å². The fraction of sp³-hybridized carbons (Fsp3) is 0.273. The van der Waals surface area contributed by atoms with Crippen LogP contribution < -0.4 is 10.1 Å². The number of hydrogen-bond donors (Lipinski definition) is 1. The van der Waals surface area contributed by atoms with Crippen LogP contribution in [-0.4, -0.2) is 25.0 Å². The van der Waals surface area contributed by atoms with Gasteiger partial charge in [-0.05, 0) is 54.5 Å². The first kappa shape index (κ1) is 25.5. The number of rotatable bonds is 8. The number of Topliss-reactive ketones (excluding diaryl/α,β-unsaturated/α-hetero) is 1. The van der Waals surface area contributed by atoms with Gasteiger partial charge in [-0.25, -0.2) is 4.79 Å². The van der Waals surface area contributed by atoms with Crippen molar-refractivity contribution in [3.63, 3.8) is 0 Å². The highest BCUT2D eigenvalue weighted by Gasteiger charge is 2.41. The van der Waals surface area contributed by atoms with E-state index in [-0.39, 0.29) is 24.9 Å². The second kappa shape index (κ2) is 11.5. The molecule has 1 N–H and O–H groups in total. The van der Waals surface area contributed by atoms with Crippen LogP contribution in [0.5, 0.6) is 5.75 Å². The van der Waals surface area contributed by atoms with Gasteiger partial charge in [0.05, 0.1) is 5.57 Å². The molecule has 38 heavy (non-hydrogen) atoms. The molecule has 5 heteroatoms. The highest BCUT2D eigenvalue weighted by Crippen LogP contribution is 2.45. The van der Waals surface area contributed by atoms with E-state index in [9.17, 15) is 9.59 Å². The maximum Gasteiger partial charge on any atom is 0.336 e. The summed E-state index contributed by atoms with van der Waals surface area (Å²) in [7, 11) is 0. The van der Waals surface area contributed by atoms with Crippen LogP contribution in [0.25, 0.3) is 0 Å². The lowest BCUT2D eigenvalue weighted by molar-refractivity contribution is -0.140. The van der Waals surface area contributed by atoms with Gasteiger partial charge in [0.25, 0.3) is 0 Å². The normalized spacial score (nSPS) is 19.1. The summed E-state index contributed by atoms with van der Waals surface area (Å²) in [5.74, 6) is 0.00399. The van der Waals surface area contributed by atoms with E-state index >= 15 is 0 Å². The number of esters is 1. The molecule has 0 spiro atoms. The second-order valence-corrected chi connectivity index (χ2v) is 9.82. The van der Waals surface area contributed by atoms with E-state index < -0.39 is 11.9 Å². The number of hydrogen-bond acceptors (Lipinski definition) is 5. The van der Waals surface area contributed by atoms with Crippen molar-refractivity contribution in [2.24, 2.45) is 0 Å². The molecule has 0 unspecified atom stereocenters. The minimum Gasteiger partial charge on any atom is -0.490 e. The molecule has 2 aliphatic rings. The Morgan fingerprint density at radius 1 is 0.868 bits per heavy atom. The Labute approximate surface area is 224 Å². The molecule has 3 aromatic carbocycles. The second-order valence-electron chi connectivity index (χ2n) is 9.82. The molecule has 0 amide bonds. The van der Waals surface area contributed by atoms with Gasteiger partial charge in [0.15, 0.2) is 5.78 Å². The number of carbonyl (C=O) groups excluding carboxylic acids is 2. The topological polar surface area (TPSA) is 64.6 Å². The summed E-state index contributed by atoms with van der Waals surface area (Å²) < 4.78 is 11.4. The molecule has 0 saturated heterocycles. The van der Waals surface area contributed by atoms with Crippen molar-refractivity contribution in [3.8, 4) is 5.75 Å². The number of benzene rings is 3. The standard InChI is InChI=1S/C33H33NO4/c1-3-23-14-16-25(17-15-23)31-30(33(36)38-19-18-37-27-12-8-5-9-13-27)22(2)34-28-20-26(21-29(35)32(28)31)24-10-6-4-7-11-24/h4-17,26,31,34H,3,18-21H2,1-2H3/t26-,31-/m1/s1. The first-order valence-corrected chi connectivity index (χ1v) is 13.3. The molecular formula is C33H33NO4. The average molecular weight is 508 g/mol. The summed E-state index contributed by atoms with van der Waals surface area (Å²) in [6.07, 6.45) is 2.06. The number of ketones is 1. The molecule has 5 nitrogen and oxygen atoms in total. The van der Waals surface area contributed by atoms with Crippen LogP contribution in [0.1, 0.15) is 55.2 Å². The van der Waals surface area contributed by atoms with E-state index in [0.717, 1.165) is 41.1 Å². The van der Waals surface area contributed by atoms with Crippen LogP contribution in [-0.2, 0) is 20.7 Å². The van der Waals surface area contributed by atoms with Gasteiger partial charge in [-0.15, -0.1) is 0 Å². The molecule has 0 fully saturated rings. The predicted molar refractivity (Wildman–Crippen MR) is 148 cm³/mol. The zero-order valence-electron chi connectivity index (χ0n) is 21.9. The first-order chi connectivity index (χ1) is 18.5. The quantitative estimate of drug-likeness (QED) is 0.289. The predicted octanol–water partition coefficient (Wildman–Crippen LogP) is 6.23. The maximum atomic E-state index is 13.7. The molecule has 3 aromatic rings. The van der Waals surface area contributed by atoms with Crippen LogP contribution in [0.2, 0.25) is 0 Å². The summed E-state index contributed by atoms with van der Waals surface area (Å²) in [5.41, 5.74) is 6.08. The lowest BCUT2D eigenvalue weighted by Gasteiger charge is -2.36. The minimum absolute atomic E-state index is 0.0717. The minimum atomic E-state index is -0.469. The van der Waals surface area contributed by atoms with Crippen LogP contribution in [0, 0.1) is 0 Å². The van der Waals surface area contributed by atoms with Crippen molar-refractivity contribution in [2.75, 3.05) is 13.2 Å². The van der Waals surface area contributed by atoms with Crippen LogP contribution in [0.15, 0.2) is 107 Å². The molecule has 0 saturated carbocycles. The van der Waals surface area contributed by atoms with Crippen molar-refractivity contribution in [2.45, 2.75) is 44.9 Å². The van der Waals surface area contributed by atoms with Gasteiger partial charge < -0.3 is 14.8 Å². The molecule has 0 bridgehead atoms. The summed E-state index contributed by atoms with van der Waals surface area (Å²) in [4.78, 5) is 27.2. The van der Waals surface area contributed by atoms with Crippen molar-refractivity contribution < 1.29 is 19.1 Å². The summed E-state index contributed by atoms with van der Waals surface area (Å²) in [6, 6.07) is 27.8. The zero-order valence-corrected chi connectivity index (χ0v) is 21.9. The third-order valence-corrected chi connectivity index (χ3v) is 7.37. The number of nitrogens with one attached hydrogen (secondary N) is 1. The highest BCUT2D eigenvalue weighted by molar-refractivity contribution is 6.04. The Kier molecular flexibility index (Phi) is 7.73. The molecule has 1 heterocycles. The van der Waals surface area contributed by atoms with Crippen molar-refractivity contribution >= 4 is 11.8 Å². The average Bonchev–Trinajstić information content (AvgIpc) is 2.95. The molecule has 1 aliphatic carbocycles. The maximum absolute atomic E-state index is 13.7. The lowest BCUT2D eigenvalue weighted by atomic mass is 9.71. The molecule has 2 atom stereocenters. The Morgan fingerprint density at radius 3 is 2.24 bits per heavy atom. The SMILES string of the molecule is CCc1ccc([C@@H]2C(C(=O)OCCOc3ccccc3)=C(C)NC3=C2C(=O)C[C@H](c2ccccc2)C3)cc1. The Balaban J connectivity index is 1.42. The van der Waals surface area contributed by atoms with Crippen molar-refractivity contribution in [3.05, 3.63) is 124 Å². The first-order valence-electron chi connectivity index (χ1n) is 13.3. The Hall–Kier alpha value is -4.12. The third kappa shape index (κ3) is 5.42. The Bertz CT molecular complexity index is 1360. The molecular weight excluding hydrogens is 474 g/mol. The van der Waals surface area contributed by atoms with Crippen LogP contribution >= 0.6 is 0 Å². The van der Waals surface area contributed by atoms with Gasteiger partial charge in [-0.3, -0.25) is 4.79 Å². The monoisotopic (exact) mass is 507 g/mol. The van der Waals surface area contributed by atoms with E-state index in [1.807, 2.05) is 67.6 Å². The van der Waals surface area contributed by atoms with Crippen molar-refractivity contribution in [1.29, 1.82) is 0 Å². The van der Waals surface area contributed by atoms with E-state index in [2.05, 4.69) is 36.5 Å². The van der Waals surface area contributed by atoms with Gasteiger partial charge in [-0.1, -0.05) is 79.7 Å². The third-order valence-electron chi connectivity index (χ3n) is 7.37. The molecule has 0 aromatic heterocycles. The molecule has 1 aliphatic heterocycles. The number of ether oxygens (including phenoxy) is 2. The number of dihydropyridines is 1. The van der Waals surface area contributed by atoms with E-state index in [1.54, 1.807) is 0 Å². The number of aryl methyl sites for hydroxylation is 1. The molecule has 5 rings (SSSR count). The Morgan fingerprint density at radius 2 is 1.55 bits per heavy atom. The van der Waals surface area contributed by atoms with Gasteiger partial charge in [0.2, 0.25) is 0 Å². The number of carbonyl (C=O) groups is 2. The lowest BCUT2D eigenvalue weighted by Crippen LogP contribution is -2.36. The summed E-state index contributed by atoms with van der Waals surface area (Å²) in [6.45, 7) is 4.36. The smallest absolute Gasteiger partial charge is 0.336 e. The molecule has 194 valence electrons. The molecule has 0 radical (unpaired) electrons. The van der Waals surface area contributed by atoms with E-state index in [1.165, 1.54) is 5.56 Å². The largest absolute Gasteiger partial charge is 0.490 e. The van der Waals surface area contributed by atoms with Gasteiger partial charge in [-0.2, -0.15) is 0 Å². The van der Waals surface area contributed by atoms with E-state index in [4.69, 9.17) is 9.47 Å². The van der Waals surface area contributed by atoms with Crippen molar-refractivity contribution in [1.82, 2.24) is 5.32 Å². The summed E-state index contributed by atoms with van der Waals surface area (Å²) >= 11 is 0. The summed E-state index contributed by atoms with van der Waals surface area (Å²) in [5, 5.41) is 3.42. The highest BCUT2D eigenvalue weighted by atomic mass is 16.6. The zero-order chi connectivity index (χ0) is 26.5. The fourth-order valence-electron chi connectivity index (χ4n) is 5.44. The van der Waals surface area contributed by atoms with Gasteiger partial charge >= 0.3 is 5.97 Å². The van der Waals surface area contributed by atoms with Crippen LogP contribution in [0.3, 0.4) is 0 Å².